The zero-order chi connectivity index (χ0) is 12.2. The van der Waals surface area contributed by atoms with Crippen molar-refractivity contribution in [3.8, 4) is 0 Å². The summed E-state index contributed by atoms with van der Waals surface area (Å²) in [5.41, 5.74) is 6.09. The minimum atomic E-state index is 0.248. The van der Waals surface area contributed by atoms with Gasteiger partial charge in [-0.1, -0.05) is 27.7 Å². The van der Waals surface area contributed by atoms with Gasteiger partial charge in [0.15, 0.2) is 0 Å². The van der Waals surface area contributed by atoms with Gasteiger partial charge in [0.1, 0.15) is 0 Å². The summed E-state index contributed by atoms with van der Waals surface area (Å²) in [5, 5.41) is 0.780. The van der Waals surface area contributed by atoms with Crippen LogP contribution in [-0.2, 0) is 0 Å². The van der Waals surface area contributed by atoms with E-state index in [4.69, 9.17) is 5.73 Å². The fraction of sp³-hybridized carbons (Fsp3) is 1.00. The average molecular weight is 244 g/mol. The maximum Gasteiger partial charge on any atom is 0.0212 e. The number of hydrogen-bond donors (Lipinski definition) is 1. The third-order valence-corrected chi connectivity index (χ3v) is 4.99. The molecule has 2 unspecified atom stereocenters. The number of hydrogen-bond acceptors (Lipinski definition) is 3. The molecule has 0 radical (unpaired) electrons. The second kappa shape index (κ2) is 6.27. The van der Waals surface area contributed by atoms with Gasteiger partial charge in [-0.3, -0.25) is 4.90 Å². The van der Waals surface area contributed by atoms with Crippen LogP contribution in [0.1, 0.15) is 40.5 Å². The predicted molar refractivity (Wildman–Crippen MR) is 75.0 cm³/mol. The Morgan fingerprint density at radius 3 is 2.62 bits per heavy atom. The van der Waals surface area contributed by atoms with Gasteiger partial charge >= 0.3 is 0 Å². The molecule has 2 atom stereocenters. The van der Waals surface area contributed by atoms with E-state index in [0.717, 1.165) is 30.9 Å². The summed E-state index contributed by atoms with van der Waals surface area (Å²) in [6.07, 6.45) is 2.74. The first-order valence-electron chi connectivity index (χ1n) is 6.56. The van der Waals surface area contributed by atoms with Crippen LogP contribution in [0.5, 0.6) is 0 Å². The SMILES string of the molecule is CCN(CC(C)(C)CN)C1CCCSC1C. The molecular formula is C13H28N2S. The van der Waals surface area contributed by atoms with Crippen LogP contribution < -0.4 is 5.73 Å². The molecule has 1 fully saturated rings. The lowest BCUT2D eigenvalue weighted by molar-refractivity contribution is 0.130. The topological polar surface area (TPSA) is 29.3 Å². The highest BCUT2D eigenvalue weighted by atomic mass is 32.2. The molecular weight excluding hydrogens is 216 g/mol. The maximum absolute atomic E-state index is 5.84. The minimum Gasteiger partial charge on any atom is -0.330 e. The maximum atomic E-state index is 5.84. The average Bonchev–Trinajstić information content (AvgIpc) is 2.27. The molecule has 1 rings (SSSR count). The summed E-state index contributed by atoms with van der Waals surface area (Å²) in [6, 6.07) is 0.759. The van der Waals surface area contributed by atoms with Crippen LogP contribution in [0.2, 0.25) is 0 Å². The Bertz CT molecular complexity index is 206. The summed E-state index contributed by atoms with van der Waals surface area (Å²) in [4.78, 5) is 2.64. The Labute approximate surface area is 105 Å². The van der Waals surface area contributed by atoms with E-state index < -0.39 is 0 Å². The molecule has 0 amide bonds. The summed E-state index contributed by atoms with van der Waals surface area (Å²) in [5.74, 6) is 1.34. The van der Waals surface area contributed by atoms with Crippen LogP contribution in [0.25, 0.3) is 0 Å². The molecule has 0 aromatic rings. The van der Waals surface area contributed by atoms with E-state index in [1.54, 1.807) is 0 Å². The Morgan fingerprint density at radius 2 is 2.12 bits per heavy atom. The van der Waals surface area contributed by atoms with E-state index in [1.165, 1.54) is 18.6 Å². The van der Waals surface area contributed by atoms with Gasteiger partial charge in [0, 0.05) is 17.8 Å². The van der Waals surface area contributed by atoms with Crippen LogP contribution in [0, 0.1) is 5.41 Å². The van der Waals surface area contributed by atoms with Crippen molar-refractivity contribution in [1.82, 2.24) is 4.90 Å². The van der Waals surface area contributed by atoms with Gasteiger partial charge in [-0.05, 0) is 37.1 Å². The van der Waals surface area contributed by atoms with E-state index in [0.29, 0.717) is 0 Å². The van der Waals surface area contributed by atoms with Crippen LogP contribution in [-0.4, -0.2) is 41.6 Å². The molecule has 1 aliphatic rings. The van der Waals surface area contributed by atoms with Crippen LogP contribution in [0.3, 0.4) is 0 Å². The van der Waals surface area contributed by atoms with E-state index in [-0.39, 0.29) is 5.41 Å². The van der Waals surface area contributed by atoms with Crippen molar-refractivity contribution in [1.29, 1.82) is 0 Å². The molecule has 0 saturated carbocycles. The molecule has 1 heterocycles. The molecule has 2 nitrogen and oxygen atoms in total. The van der Waals surface area contributed by atoms with Crippen molar-refractivity contribution in [2.75, 3.05) is 25.4 Å². The number of nitrogens with two attached hydrogens (primary N) is 1. The Morgan fingerprint density at radius 1 is 1.44 bits per heavy atom. The third-order valence-electron chi connectivity index (χ3n) is 3.63. The van der Waals surface area contributed by atoms with Gasteiger partial charge in [-0.25, -0.2) is 0 Å². The lowest BCUT2D eigenvalue weighted by Gasteiger charge is -2.41. The molecule has 16 heavy (non-hydrogen) atoms. The van der Waals surface area contributed by atoms with Crippen molar-refractivity contribution < 1.29 is 0 Å². The van der Waals surface area contributed by atoms with Crippen LogP contribution >= 0.6 is 11.8 Å². The highest BCUT2D eigenvalue weighted by molar-refractivity contribution is 7.99. The summed E-state index contributed by atoms with van der Waals surface area (Å²) >= 11 is 2.13. The standard InChI is InChI=1S/C13H28N2S/c1-5-15(10-13(3,4)9-14)12-7-6-8-16-11(12)2/h11-12H,5-10,14H2,1-4H3. The van der Waals surface area contributed by atoms with Gasteiger partial charge in [0.25, 0.3) is 0 Å². The fourth-order valence-corrected chi connectivity index (χ4v) is 3.70. The quantitative estimate of drug-likeness (QED) is 0.806. The molecule has 96 valence electrons. The molecule has 0 aromatic carbocycles. The molecule has 0 bridgehead atoms. The largest absolute Gasteiger partial charge is 0.330 e. The van der Waals surface area contributed by atoms with Crippen LogP contribution in [0.15, 0.2) is 0 Å². The van der Waals surface area contributed by atoms with Crippen molar-refractivity contribution >= 4 is 11.8 Å². The summed E-state index contributed by atoms with van der Waals surface area (Å²) in [7, 11) is 0. The first kappa shape index (κ1) is 14.3. The van der Waals surface area contributed by atoms with Crippen molar-refractivity contribution in [2.45, 2.75) is 51.8 Å². The van der Waals surface area contributed by atoms with Gasteiger partial charge in [0.05, 0.1) is 0 Å². The van der Waals surface area contributed by atoms with Crippen LogP contribution in [0.4, 0.5) is 0 Å². The molecule has 0 spiro atoms. The number of thioether (sulfide) groups is 1. The lowest BCUT2D eigenvalue weighted by Crippen LogP contribution is -2.48. The van der Waals surface area contributed by atoms with Gasteiger partial charge < -0.3 is 5.73 Å². The van der Waals surface area contributed by atoms with Gasteiger partial charge in [-0.2, -0.15) is 11.8 Å². The summed E-state index contributed by atoms with van der Waals surface area (Å²) < 4.78 is 0. The first-order valence-corrected chi connectivity index (χ1v) is 7.61. The number of nitrogens with zero attached hydrogens (tertiary/aromatic N) is 1. The number of rotatable bonds is 5. The second-order valence-electron chi connectivity index (χ2n) is 5.72. The van der Waals surface area contributed by atoms with E-state index >= 15 is 0 Å². The van der Waals surface area contributed by atoms with E-state index in [1.807, 2.05) is 0 Å². The normalized spacial score (nSPS) is 27.4. The zero-order valence-electron chi connectivity index (χ0n) is 11.3. The Kier molecular flexibility index (Phi) is 5.62. The second-order valence-corrected chi connectivity index (χ2v) is 7.20. The van der Waals surface area contributed by atoms with E-state index in [9.17, 15) is 0 Å². The van der Waals surface area contributed by atoms with Gasteiger partial charge in [-0.15, -0.1) is 0 Å². The summed E-state index contributed by atoms with van der Waals surface area (Å²) in [6.45, 7) is 12.3. The molecule has 3 heteroatoms. The van der Waals surface area contributed by atoms with Crippen molar-refractivity contribution in [3.05, 3.63) is 0 Å². The lowest BCUT2D eigenvalue weighted by atomic mass is 9.91. The molecule has 0 aromatic heterocycles. The van der Waals surface area contributed by atoms with E-state index in [2.05, 4.69) is 44.4 Å². The third kappa shape index (κ3) is 3.94. The first-order chi connectivity index (χ1) is 7.50. The highest BCUT2D eigenvalue weighted by Gasteiger charge is 2.30. The molecule has 1 saturated heterocycles. The zero-order valence-corrected chi connectivity index (χ0v) is 12.1. The monoisotopic (exact) mass is 244 g/mol. The molecule has 0 aliphatic carbocycles. The fourth-order valence-electron chi connectivity index (χ4n) is 2.46. The smallest absolute Gasteiger partial charge is 0.0212 e. The van der Waals surface area contributed by atoms with Crippen molar-refractivity contribution in [3.63, 3.8) is 0 Å². The minimum absolute atomic E-state index is 0.248. The highest BCUT2D eigenvalue weighted by Crippen LogP contribution is 2.30. The molecule has 2 N–H and O–H groups in total. The van der Waals surface area contributed by atoms with Crippen molar-refractivity contribution in [2.24, 2.45) is 11.1 Å². The predicted octanol–water partition coefficient (Wildman–Crippen LogP) is 2.58. The van der Waals surface area contributed by atoms with Gasteiger partial charge in [0.2, 0.25) is 0 Å². The Hall–Kier alpha value is 0.270. The molecule has 1 aliphatic heterocycles. The Balaban J connectivity index is 2.58.